The van der Waals surface area contributed by atoms with Crippen LogP contribution in [0.25, 0.3) is 10.2 Å². The van der Waals surface area contributed by atoms with Crippen LogP contribution in [-0.2, 0) is 11.3 Å². The second kappa shape index (κ2) is 8.26. The molecule has 2 N–H and O–H groups in total. The topological polar surface area (TPSA) is 78.4 Å². The van der Waals surface area contributed by atoms with Gasteiger partial charge in [-0.3, -0.25) is 4.79 Å². The fourth-order valence-corrected chi connectivity index (χ4v) is 4.82. The minimum atomic E-state index is -0.131. The molecule has 0 saturated heterocycles. The summed E-state index contributed by atoms with van der Waals surface area (Å²) in [5.41, 5.74) is 1.74. The molecule has 1 aromatic carbocycles. The Balaban J connectivity index is 1.59. The van der Waals surface area contributed by atoms with E-state index in [-0.39, 0.29) is 17.2 Å². The van der Waals surface area contributed by atoms with E-state index in [1.165, 1.54) is 23.1 Å². The number of amides is 1. The summed E-state index contributed by atoms with van der Waals surface area (Å²) in [6, 6.07) is 13.2. The Hall–Kier alpha value is -2.84. The van der Waals surface area contributed by atoms with Crippen LogP contribution in [-0.4, -0.2) is 16.2 Å². The second-order valence-corrected chi connectivity index (χ2v) is 8.93. The van der Waals surface area contributed by atoms with Gasteiger partial charge in [-0.2, -0.15) is 4.57 Å². The van der Waals surface area contributed by atoms with Gasteiger partial charge in [0.05, 0.1) is 12.0 Å². The number of aryl methyl sites for hydroxylation is 2. The summed E-state index contributed by atoms with van der Waals surface area (Å²) >= 11 is 2.83. The molecule has 0 spiro atoms. The molecule has 148 valence electrons. The summed E-state index contributed by atoms with van der Waals surface area (Å²) in [4.78, 5) is 30.7. The van der Waals surface area contributed by atoms with Crippen LogP contribution in [0.2, 0.25) is 0 Å². The van der Waals surface area contributed by atoms with Gasteiger partial charge in [-0.25, -0.2) is 9.78 Å². The smallest absolute Gasteiger partial charge is 0.347 e. The predicted molar refractivity (Wildman–Crippen MR) is 116 cm³/mol. The number of nitrogens with zero attached hydrogens (tertiary/aromatic N) is 1. The molecule has 29 heavy (non-hydrogen) atoms. The standard InChI is InChI=1S/C21H19N3O3S2/c1-13-5-3-6-15(9-13)22-18(25)12-28-21-23-19-17(10-14(2)29-19)20(26)24(21)11-16-7-4-8-27-16/h3-10H,11-12H2,1-2H3,(H,22,25)/p+1. The predicted octanol–water partition coefficient (Wildman–Crippen LogP) is 3.87. The van der Waals surface area contributed by atoms with Gasteiger partial charge in [-0.1, -0.05) is 23.5 Å². The number of aromatic amines is 1. The van der Waals surface area contributed by atoms with E-state index in [0.717, 1.165) is 21.0 Å². The van der Waals surface area contributed by atoms with Crippen molar-refractivity contribution in [2.75, 3.05) is 11.1 Å². The molecular formula is C21H20N3O3S2+. The zero-order valence-corrected chi connectivity index (χ0v) is 17.7. The van der Waals surface area contributed by atoms with Gasteiger partial charge in [0, 0.05) is 10.6 Å². The number of furan rings is 1. The summed E-state index contributed by atoms with van der Waals surface area (Å²) in [5, 5.41) is 4.17. The molecule has 4 aromatic rings. The van der Waals surface area contributed by atoms with Crippen molar-refractivity contribution >= 4 is 44.9 Å². The van der Waals surface area contributed by atoms with Crippen LogP contribution in [0.3, 0.4) is 0 Å². The van der Waals surface area contributed by atoms with Gasteiger partial charge in [-0.15, -0.1) is 0 Å². The highest BCUT2D eigenvalue weighted by atomic mass is 32.2. The lowest BCUT2D eigenvalue weighted by Crippen LogP contribution is -2.30. The third-order valence-corrected chi connectivity index (χ3v) is 6.30. The van der Waals surface area contributed by atoms with Gasteiger partial charge < -0.3 is 9.73 Å². The number of aromatic nitrogens is 2. The second-order valence-electron chi connectivity index (χ2n) is 6.71. The summed E-state index contributed by atoms with van der Waals surface area (Å²) in [5.74, 6) is 0.726. The molecule has 0 aliphatic heterocycles. The summed E-state index contributed by atoms with van der Waals surface area (Å²) < 4.78 is 7.04. The minimum Gasteiger partial charge on any atom is -0.465 e. The van der Waals surface area contributed by atoms with Crippen molar-refractivity contribution in [2.24, 2.45) is 0 Å². The number of nitrogens with one attached hydrogen (secondary N) is 2. The van der Waals surface area contributed by atoms with Gasteiger partial charge >= 0.3 is 10.7 Å². The van der Waals surface area contributed by atoms with E-state index >= 15 is 0 Å². The fraction of sp³-hybridized carbons (Fsp3) is 0.190. The molecule has 4 rings (SSSR count). The Kier molecular flexibility index (Phi) is 5.55. The van der Waals surface area contributed by atoms with E-state index in [2.05, 4.69) is 10.3 Å². The molecule has 0 unspecified atom stereocenters. The molecule has 0 aliphatic rings. The van der Waals surface area contributed by atoms with Crippen molar-refractivity contribution in [3.8, 4) is 0 Å². The van der Waals surface area contributed by atoms with Crippen molar-refractivity contribution in [2.45, 2.75) is 25.5 Å². The lowest BCUT2D eigenvalue weighted by Gasteiger charge is -2.06. The largest absolute Gasteiger partial charge is 0.465 e. The molecular weight excluding hydrogens is 406 g/mol. The van der Waals surface area contributed by atoms with Gasteiger partial charge in [0.15, 0.2) is 11.4 Å². The maximum absolute atomic E-state index is 13.1. The SMILES string of the molecule is Cc1cccc(NC(=O)CSc2[nH+]c3sc(C)cc3c(=O)n2Cc2ccco2)c1. The van der Waals surface area contributed by atoms with E-state index in [9.17, 15) is 9.59 Å². The molecule has 0 bridgehead atoms. The first-order valence-corrected chi connectivity index (χ1v) is 10.9. The molecule has 0 saturated carbocycles. The third kappa shape index (κ3) is 4.44. The molecule has 8 heteroatoms. The molecule has 1 amide bonds. The van der Waals surface area contributed by atoms with E-state index < -0.39 is 0 Å². The molecule has 0 aliphatic carbocycles. The van der Waals surface area contributed by atoms with Gasteiger partial charge in [0.25, 0.3) is 0 Å². The number of carbonyl (C=O) groups is 1. The van der Waals surface area contributed by atoms with Crippen LogP contribution in [0.5, 0.6) is 0 Å². The number of rotatable bonds is 6. The lowest BCUT2D eigenvalue weighted by atomic mass is 10.2. The van der Waals surface area contributed by atoms with E-state index in [1.54, 1.807) is 16.9 Å². The number of benzene rings is 1. The number of H-pyrrole nitrogens is 1. The van der Waals surface area contributed by atoms with Crippen molar-refractivity contribution in [1.82, 2.24) is 4.57 Å². The number of anilines is 1. The van der Waals surface area contributed by atoms with Crippen molar-refractivity contribution in [3.05, 3.63) is 75.3 Å². The number of hydrogen-bond donors (Lipinski definition) is 1. The van der Waals surface area contributed by atoms with Gasteiger partial charge in [0.1, 0.15) is 11.1 Å². The van der Waals surface area contributed by atoms with Crippen molar-refractivity contribution < 1.29 is 14.2 Å². The Bertz CT molecular complexity index is 1230. The van der Waals surface area contributed by atoms with Crippen LogP contribution < -0.4 is 15.9 Å². The van der Waals surface area contributed by atoms with Crippen LogP contribution in [0.15, 0.2) is 63.1 Å². The minimum absolute atomic E-state index is 0.0962. The first kappa shape index (κ1) is 19.5. The third-order valence-electron chi connectivity index (χ3n) is 4.33. The Morgan fingerprint density at radius 1 is 1.24 bits per heavy atom. The lowest BCUT2D eigenvalue weighted by molar-refractivity contribution is -0.404. The first-order valence-electron chi connectivity index (χ1n) is 9.07. The molecule has 3 aromatic heterocycles. The average molecular weight is 427 g/mol. The number of hydrogen-bond acceptors (Lipinski definition) is 5. The summed E-state index contributed by atoms with van der Waals surface area (Å²) in [6.45, 7) is 4.25. The Labute approximate surface area is 175 Å². The van der Waals surface area contributed by atoms with Crippen molar-refractivity contribution in [3.63, 3.8) is 0 Å². The van der Waals surface area contributed by atoms with E-state index in [0.29, 0.717) is 22.8 Å². The highest BCUT2D eigenvalue weighted by Gasteiger charge is 2.22. The normalized spacial score (nSPS) is 11.1. The number of thioether (sulfide) groups is 1. The molecule has 0 radical (unpaired) electrons. The molecule has 3 heterocycles. The maximum Gasteiger partial charge on any atom is 0.347 e. The highest BCUT2D eigenvalue weighted by Crippen LogP contribution is 2.22. The van der Waals surface area contributed by atoms with E-state index in [1.807, 2.05) is 50.2 Å². The maximum atomic E-state index is 13.1. The van der Waals surface area contributed by atoms with Gasteiger partial charge in [0.2, 0.25) is 5.91 Å². The first-order chi connectivity index (χ1) is 14.0. The highest BCUT2D eigenvalue weighted by molar-refractivity contribution is 7.99. The quantitative estimate of drug-likeness (QED) is 0.375. The summed E-state index contributed by atoms with van der Waals surface area (Å²) in [7, 11) is 0. The molecule has 6 nitrogen and oxygen atoms in total. The summed E-state index contributed by atoms with van der Waals surface area (Å²) in [6.07, 6.45) is 1.58. The molecule has 0 atom stereocenters. The van der Waals surface area contributed by atoms with E-state index in [4.69, 9.17) is 4.42 Å². The van der Waals surface area contributed by atoms with Crippen molar-refractivity contribution in [1.29, 1.82) is 0 Å². The zero-order chi connectivity index (χ0) is 20.4. The number of carbonyl (C=O) groups excluding carboxylic acids is 1. The average Bonchev–Trinajstić information content (AvgIpc) is 3.32. The Morgan fingerprint density at radius 3 is 2.86 bits per heavy atom. The van der Waals surface area contributed by atoms with Crippen LogP contribution in [0.4, 0.5) is 5.69 Å². The van der Waals surface area contributed by atoms with Crippen LogP contribution >= 0.6 is 23.1 Å². The van der Waals surface area contributed by atoms with Gasteiger partial charge in [-0.05, 0) is 61.5 Å². The zero-order valence-electron chi connectivity index (χ0n) is 16.0. The monoisotopic (exact) mass is 426 g/mol. The molecule has 0 fully saturated rings. The fourth-order valence-electron chi connectivity index (χ4n) is 3.04. The van der Waals surface area contributed by atoms with Crippen LogP contribution in [0, 0.1) is 13.8 Å². The number of fused-ring (bicyclic) bond motifs is 1. The number of thiophene rings is 1. The Morgan fingerprint density at radius 2 is 2.10 bits per heavy atom. The van der Waals surface area contributed by atoms with Crippen LogP contribution in [0.1, 0.15) is 16.2 Å².